The van der Waals surface area contributed by atoms with Gasteiger partial charge in [0, 0.05) is 27.1 Å². The van der Waals surface area contributed by atoms with Gasteiger partial charge in [0.2, 0.25) is 5.91 Å². The Bertz CT molecular complexity index is 1570. The molecule has 0 aliphatic heterocycles. The molecule has 1 heterocycles. The summed E-state index contributed by atoms with van der Waals surface area (Å²) in [5.41, 5.74) is 3.81. The lowest BCUT2D eigenvalue weighted by molar-refractivity contribution is -0.115. The Morgan fingerprint density at radius 2 is 1.59 bits per heavy atom. The lowest BCUT2D eigenvalue weighted by Gasteiger charge is -2.17. The summed E-state index contributed by atoms with van der Waals surface area (Å²) in [6, 6.07) is 33.9. The maximum atomic E-state index is 13.5. The van der Waals surface area contributed by atoms with Gasteiger partial charge in [-0.05, 0) is 42.0 Å². The van der Waals surface area contributed by atoms with Crippen LogP contribution in [0.1, 0.15) is 21.2 Å². The van der Waals surface area contributed by atoms with Crippen LogP contribution in [-0.4, -0.2) is 23.9 Å². The van der Waals surface area contributed by atoms with Gasteiger partial charge in [0.05, 0.1) is 12.8 Å². The maximum absolute atomic E-state index is 13.5. The zero-order chi connectivity index (χ0) is 27.0. The third kappa shape index (κ3) is 6.73. The van der Waals surface area contributed by atoms with Crippen molar-refractivity contribution in [2.24, 2.45) is 0 Å². The Balaban J connectivity index is 1.33. The Labute approximate surface area is 235 Å². The third-order valence-corrected chi connectivity index (χ3v) is 7.83. The van der Waals surface area contributed by atoms with Crippen LogP contribution in [0, 0.1) is 0 Å². The second-order valence-corrected chi connectivity index (χ2v) is 10.6. The number of amides is 2. The molecule has 0 saturated carbocycles. The van der Waals surface area contributed by atoms with E-state index in [0.29, 0.717) is 22.1 Å². The van der Waals surface area contributed by atoms with Crippen molar-refractivity contribution in [3.8, 4) is 17.0 Å². The summed E-state index contributed by atoms with van der Waals surface area (Å²) in [5, 5.41) is 7.88. The number of hydrogen-bond acceptors (Lipinski definition) is 6. The molecule has 1 unspecified atom stereocenters. The van der Waals surface area contributed by atoms with Crippen molar-refractivity contribution in [1.82, 2.24) is 4.98 Å². The van der Waals surface area contributed by atoms with Gasteiger partial charge in [-0.25, -0.2) is 4.98 Å². The molecule has 2 amide bonds. The molecule has 0 radical (unpaired) electrons. The van der Waals surface area contributed by atoms with Crippen LogP contribution in [0.2, 0.25) is 0 Å². The number of aromatic nitrogens is 1. The average Bonchev–Trinajstić information content (AvgIpc) is 3.45. The van der Waals surface area contributed by atoms with E-state index in [1.54, 1.807) is 31.4 Å². The van der Waals surface area contributed by atoms with E-state index in [1.165, 1.54) is 23.1 Å². The number of nitrogens with one attached hydrogen (secondary N) is 2. The van der Waals surface area contributed by atoms with Crippen LogP contribution in [-0.2, 0) is 4.79 Å². The predicted octanol–water partition coefficient (Wildman–Crippen LogP) is 7.54. The van der Waals surface area contributed by atoms with Crippen molar-refractivity contribution in [3.63, 3.8) is 0 Å². The van der Waals surface area contributed by atoms with Crippen molar-refractivity contribution >= 4 is 45.7 Å². The van der Waals surface area contributed by atoms with Crippen molar-refractivity contribution < 1.29 is 14.3 Å². The van der Waals surface area contributed by atoms with E-state index in [4.69, 9.17) is 4.74 Å². The SMILES string of the molecule is COc1cccc(C(=O)Nc2cccc(SC(C(=O)Nc3nc(-c4ccccc4)cs3)c3ccccc3)c2)c1. The van der Waals surface area contributed by atoms with Gasteiger partial charge in [-0.2, -0.15) is 0 Å². The summed E-state index contributed by atoms with van der Waals surface area (Å²) >= 11 is 2.80. The van der Waals surface area contributed by atoms with E-state index >= 15 is 0 Å². The van der Waals surface area contributed by atoms with E-state index in [0.717, 1.165) is 21.7 Å². The Morgan fingerprint density at radius 3 is 2.36 bits per heavy atom. The van der Waals surface area contributed by atoms with Crippen molar-refractivity contribution in [2.45, 2.75) is 10.1 Å². The van der Waals surface area contributed by atoms with Crippen LogP contribution in [0.25, 0.3) is 11.3 Å². The first kappa shape index (κ1) is 26.2. The minimum absolute atomic E-state index is 0.175. The van der Waals surface area contributed by atoms with Gasteiger partial charge in [0.1, 0.15) is 11.0 Å². The fourth-order valence-corrected chi connectivity index (χ4v) is 5.70. The number of thioether (sulfide) groups is 1. The molecule has 194 valence electrons. The van der Waals surface area contributed by atoms with Crippen molar-refractivity contribution in [2.75, 3.05) is 17.7 Å². The minimum atomic E-state index is -0.528. The zero-order valence-corrected chi connectivity index (χ0v) is 22.7. The van der Waals surface area contributed by atoms with Gasteiger partial charge < -0.3 is 15.4 Å². The second kappa shape index (κ2) is 12.4. The summed E-state index contributed by atoms with van der Waals surface area (Å²) in [6.45, 7) is 0. The fraction of sp³-hybridized carbons (Fsp3) is 0.0645. The molecule has 0 fully saturated rings. The molecular formula is C31H25N3O3S2. The summed E-state index contributed by atoms with van der Waals surface area (Å²) in [5.74, 6) is 0.192. The minimum Gasteiger partial charge on any atom is -0.497 e. The number of ether oxygens (including phenoxy) is 1. The second-order valence-electron chi connectivity index (χ2n) is 8.52. The molecule has 8 heteroatoms. The average molecular weight is 552 g/mol. The van der Waals surface area contributed by atoms with Gasteiger partial charge in [-0.1, -0.05) is 72.8 Å². The first-order valence-corrected chi connectivity index (χ1v) is 13.9. The molecular weight excluding hydrogens is 526 g/mol. The number of hydrogen-bond donors (Lipinski definition) is 2. The molecule has 5 rings (SSSR count). The summed E-state index contributed by atoms with van der Waals surface area (Å²) < 4.78 is 5.22. The standard InChI is InChI=1S/C31H25N3O3S2/c1-37-25-16-8-14-23(18-25)29(35)32-24-15-9-17-26(19-24)39-28(22-12-6-3-7-13-22)30(36)34-31-33-27(20-38-31)21-10-4-2-5-11-21/h2-20,28H,1H3,(H,32,35)(H,33,34,36). The molecule has 0 spiro atoms. The molecule has 6 nitrogen and oxygen atoms in total. The number of carbonyl (C=O) groups is 2. The number of thiazole rings is 1. The predicted molar refractivity (Wildman–Crippen MR) is 159 cm³/mol. The number of nitrogens with zero attached hydrogens (tertiary/aromatic N) is 1. The number of rotatable bonds is 9. The molecule has 0 bridgehead atoms. The van der Waals surface area contributed by atoms with Crippen LogP contribution in [0.5, 0.6) is 5.75 Å². The maximum Gasteiger partial charge on any atom is 0.255 e. The van der Waals surface area contributed by atoms with Crippen LogP contribution < -0.4 is 15.4 Å². The molecule has 1 aromatic heterocycles. The highest BCUT2D eigenvalue weighted by Crippen LogP contribution is 2.37. The lowest BCUT2D eigenvalue weighted by atomic mass is 10.1. The molecule has 0 aliphatic carbocycles. The van der Waals surface area contributed by atoms with Crippen LogP contribution in [0.3, 0.4) is 0 Å². The number of methoxy groups -OCH3 is 1. The molecule has 39 heavy (non-hydrogen) atoms. The Morgan fingerprint density at radius 1 is 0.846 bits per heavy atom. The Hall–Kier alpha value is -4.40. The van der Waals surface area contributed by atoms with Gasteiger partial charge in [0.25, 0.3) is 5.91 Å². The first-order chi connectivity index (χ1) is 19.1. The monoisotopic (exact) mass is 551 g/mol. The largest absolute Gasteiger partial charge is 0.497 e. The van der Waals surface area contributed by atoms with Crippen LogP contribution in [0.15, 0.2) is 119 Å². The normalized spacial score (nSPS) is 11.4. The van der Waals surface area contributed by atoms with E-state index in [2.05, 4.69) is 15.6 Å². The summed E-state index contributed by atoms with van der Waals surface area (Å²) in [7, 11) is 1.56. The van der Waals surface area contributed by atoms with E-state index in [9.17, 15) is 9.59 Å². The van der Waals surface area contributed by atoms with Crippen molar-refractivity contribution in [3.05, 3.63) is 126 Å². The Kier molecular flexibility index (Phi) is 8.36. The number of benzene rings is 4. The molecule has 0 saturated heterocycles. The zero-order valence-electron chi connectivity index (χ0n) is 21.0. The van der Waals surface area contributed by atoms with Gasteiger partial charge in [0.15, 0.2) is 5.13 Å². The first-order valence-electron chi connectivity index (χ1n) is 12.2. The number of carbonyl (C=O) groups excluding carboxylic acids is 2. The topological polar surface area (TPSA) is 80.3 Å². The quantitative estimate of drug-likeness (QED) is 0.185. The molecule has 2 N–H and O–H groups in total. The van der Waals surface area contributed by atoms with E-state index in [1.807, 2.05) is 90.3 Å². The molecule has 0 aliphatic rings. The number of anilines is 2. The van der Waals surface area contributed by atoms with Gasteiger partial charge in [-0.3, -0.25) is 9.59 Å². The molecule has 4 aromatic carbocycles. The highest BCUT2D eigenvalue weighted by atomic mass is 32.2. The summed E-state index contributed by atoms with van der Waals surface area (Å²) in [4.78, 5) is 31.8. The van der Waals surface area contributed by atoms with Crippen LogP contribution >= 0.6 is 23.1 Å². The van der Waals surface area contributed by atoms with E-state index < -0.39 is 5.25 Å². The summed E-state index contributed by atoms with van der Waals surface area (Å²) in [6.07, 6.45) is 0. The third-order valence-electron chi connectivity index (χ3n) is 5.82. The molecule has 5 aromatic rings. The van der Waals surface area contributed by atoms with Gasteiger partial charge >= 0.3 is 0 Å². The highest BCUT2D eigenvalue weighted by molar-refractivity contribution is 8.00. The van der Waals surface area contributed by atoms with Gasteiger partial charge in [-0.15, -0.1) is 23.1 Å². The smallest absolute Gasteiger partial charge is 0.255 e. The van der Waals surface area contributed by atoms with Crippen molar-refractivity contribution in [1.29, 1.82) is 0 Å². The fourth-order valence-electron chi connectivity index (χ4n) is 3.90. The van der Waals surface area contributed by atoms with E-state index in [-0.39, 0.29) is 11.8 Å². The lowest BCUT2D eigenvalue weighted by Crippen LogP contribution is -2.19. The van der Waals surface area contributed by atoms with Crippen LogP contribution in [0.4, 0.5) is 10.8 Å². The highest BCUT2D eigenvalue weighted by Gasteiger charge is 2.23. The molecule has 1 atom stereocenters.